The third-order valence-electron chi connectivity index (χ3n) is 2.31. The van der Waals surface area contributed by atoms with Gasteiger partial charge in [0, 0.05) is 13.1 Å². The Labute approximate surface area is 110 Å². The standard InChI is InChI=1S/C11H15F3N2O2S/c1-15-6-7-16-19(17,18)10-4-2-9(3-5-10)8-11(12,13)14/h2-5,15-16H,6-8H2,1H3. The highest BCUT2D eigenvalue weighted by molar-refractivity contribution is 7.89. The van der Waals surface area contributed by atoms with Gasteiger partial charge in [-0.25, -0.2) is 13.1 Å². The molecule has 0 radical (unpaired) electrons. The van der Waals surface area contributed by atoms with E-state index in [2.05, 4.69) is 10.0 Å². The zero-order valence-corrected chi connectivity index (χ0v) is 11.1. The van der Waals surface area contributed by atoms with Gasteiger partial charge >= 0.3 is 6.18 Å². The average molecular weight is 296 g/mol. The minimum Gasteiger partial charge on any atom is -0.318 e. The van der Waals surface area contributed by atoms with E-state index in [4.69, 9.17) is 0 Å². The lowest BCUT2D eigenvalue weighted by atomic mass is 10.1. The molecule has 1 aromatic rings. The van der Waals surface area contributed by atoms with E-state index in [0.29, 0.717) is 6.54 Å². The van der Waals surface area contributed by atoms with Crippen LogP contribution in [0.1, 0.15) is 5.56 Å². The summed E-state index contributed by atoms with van der Waals surface area (Å²) < 4.78 is 62.2. The summed E-state index contributed by atoms with van der Waals surface area (Å²) in [5, 5.41) is 2.77. The van der Waals surface area contributed by atoms with Crippen molar-refractivity contribution in [2.75, 3.05) is 20.1 Å². The highest BCUT2D eigenvalue weighted by atomic mass is 32.2. The van der Waals surface area contributed by atoms with E-state index in [1.54, 1.807) is 7.05 Å². The summed E-state index contributed by atoms with van der Waals surface area (Å²) in [6, 6.07) is 4.67. The Morgan fingerprint density at radius 2 is 1.68 bits per heavy atom. The number of hydrogen-bond donors (Lipinski definition) is 2. The predicted octanol–water partition coefficient (Wildman–Crippen LogP) is 1.29. The number of alkyl halides is 3. The van der Waals surface area contributed by atoms with E-state index in [9.17, 15) is 21.6 Å². The Kier molecular flexibility index (Phi) is 5.33. The minimum atomic E-state index is -4.30. The smallest absolute Gasteiger partial charge is 0.318 e. The second kappa shape index (κ2) is 6.36. The molecule has 2 N–H and O–H groups in total. The van der Waals surface area contributed by atoms with E-state index in [1.165, 1.54) is 24.3 Å². The molecule has 0 atom stereocenters. The van der Waals surface area contributed by atoms with Gasteiger partial charge in [0.2, 0.25) is 10.0 Å². The highest BCUT2D eigenvalue weighted by Gasteiger charge is 2.27. The molecule has 0 amide bonds. The molecule has 19 heavy (non-hydrogen) atoms. The summed E-state index contributed by atoms with van der Waals surface area (Å²) >= 11 is 0. The van der Waals surface area contributed by atoms with Gasteiger partial charge in [0.25, 0.3) is 0 Å². The lowest BCUT2D eigenvalue weighted by Crippen LogP contribution is -2.30. The van der Waals surface area contributed by atoms with E-state index in [0.717, 1.165) is 0 Å². The fourth-order valence-electron chi connectivity index (χ4n) is 1.41. The molecule has 0 aliphatic heterocycles. The van der Waals surface area contributed by atoms with Crippen molar-refractivity contribution >= 4 is 10.0 Å². The van der Waals surface area contributed by atoms with E-state index < -0.39 is 22.6 Å². The van der Waals surface area contributed by atoms with Crippen LogP contribution in [0, 0.1) is 0 Å². The molecule has 0 unspecified atom stereocenters. The number of halogens is 3. The number of benzene rings is 1. The molecule has 0 bridgehead atoms. The molecule has 0 aromatic heterocycles. The maximum Gasteiger partial charge on any atom is 0.393 e. The zero-order chi connectivity index (χ0) is 14.5. The van der Waals surface area contributed by atoms with E-state index in [1.807, 2.05) is 0 Å². The molecule has 1 aromatic carbocycles. The molecule has 0 saturated carbocycles. The van der Waals surface area contributed by atoms with Crippen LogP contribution < -0.4 is 10.0 Å². The normalized spacial score (nSPS) is 12.6. The second-order valence-electron chi connectivity index (χ2n) is 3.94. The van der Waals surface area contributed by atoms with Crippen molar-refractivity contribution in [3.63, 3.8) is 0 Å². The molecule has 0 spiro atoms. The first-order valence-corrected chi connectivity index (χ1v) is 7.03. The lowest BCUT2D eigenvalue weighted by Gasteiger charge is -2.09. The monoisotopic (exact) mass is 296 g/mol. The SMILES string of the molecule is CNCCNS(=O)(=O)c1ccc(CC(F)(F)F)cc1. The summed E-state index contributed by atoms with van der Waals surface area (Å²) in [7, 11) is -1.98. The van der Waals surface area contributed by atoms with Crippen LogP contribution in [-0.4, -0.2) is 34.7 Å². The highest BCUT2D eigenvalue weighted by Crippen LogP contribution is 2.22. The average Bonchev–Trinajstić information content (AvgIpc) is 2.27. The van der Waals surface area contributed by atoms with Crippen molar-refractivity contribution in [3.05, 3.63) is 29.8 Å². The number of nitrogens with one attached hydrogen (secondary N) is 2. The summed E-state index contributed by atoms with van der Waals surface area (Å²) in [6.07, 6.45) is -5.37. The number of likely N-dealkylation sites (N-methyl/N-ethyl adjacent to an activating group) is 1. The van der Waals surface area contributed by atoms with Crippen LogP contribution in [0.2, 0.25) is 0 Å². The molecule has 108 valence electrons. The van der Waals surface area contributed by atoms with Crippen LogP contribution in [0.25, 0.3) is 0 Å². The maximum atomic E-state index is 12.1. The molecule has 8 heteroatoms. The fourth-order valence-corrected chi connectivity index (χ4v) is 2.44. The lowest BCUT2D eigenvalue weighted by molar-refractivity contribution is -0.127. The van der Waals surface area contributed by atoms with Crippen molar-refractivity contribution in [3.8, 4) is 0 Å². The molecule has 4 nitrogen and oxygen atoms in total. The summed E-state index contributed by atoms with van der Waals surface area (Å²) in [5.41, 5.74) is 0.0293. The fraction of sp³-hybridized carbons (Fsp3) is 0.455. The van der Waals surface area contributed by atoms with Gasteiger partial charge < -0.3 is 5.32 Å². The van der Waals surface area contributed by atoms with Gasteiger partial charge in [-0.3, -0.25) is 0 Å². The molecule has 0 aliphatic carbocycles. The first kappa shape index (κ1) is 15.9. The van der Waals surface area contributed by atoms with Crippen molar-refractivity contribution < 1.29 is 21.6 Å². The molecule has 0 aliphatic rings. The van der Waals surface area contributed by atoms with Crippen LogP contribution >= 0.6 is 0 Å². The third kappa shape index (κ3) is 5.58. The molecule has 1 rings (SSSR count). The number of sulfonamides is 1. The van der Waals surface area contributed by atoms with E-state index >= 15 is 0 Å². The van der Waals surface area contributed by atoms with Gasteiger partial charge in [0.1, 0.15) is 0 Å². The molecular weight excluding hydrogens is 281 g/mol. The van der Waals surface area contributed by atoms with Gasteiger partial charge in [-0.2, -0.15) is 13.2 Å². The maximum absolute atomic E-state index is 12.1. The molecular formula is C11H15F3N2O2S. The topological polar surface area (TPSA) is 58.2 Å². The first-order valence-electron chi connectivity index (χ1n) is 5.54. The van der Waals surface area contributed by atoms with Crippen molar-refractivity contribution in [2.45, 2.75) is 17.5 Å². The van der Waals surface area contributed by atoms with Crippen LogP contribution in [0.15, 0.2) is 29.2 Å². The molecule has 0 fully saturated rings. The third-order valence-corrected chi connectivity index (χ3v) is 3.78. The zero-order valence-electron chi connectivity index (χ0n) is 10.3. The Hall–Kier alpha value is -1.12. The van der Waals surface area contributed by atoms with Gasteiger partial charge in [-0.15, -0.1) is 0 Å². The Morgan fingerprint density at radius 1 is 1.11 bits per heavy atom. The molecule has 0 heterocycles. The molecule has 0 saturated heterocycles. The van der Waals surface area contributed by atoms with Gasteiger partial charge in [-0.05, 0) is 24.7 Å². The quantitative estimate of drug-likeness (QED) is 0.778. The van der Waals surface area contributed by atoms with Crippen molar-refractivity contribution in [1.82, 2.24) is 10.0 Å². The van der Waals surface area contributed by atoms with Crippen LogP contribution in [0.5, 0.6) is 0 Å². The van der Waals surface area contributed by atoms with Crippen LogP contribution in [0.3, 0.4) is 0 Å². The van der Waals surface area contributed by atoms with Crippen LogP contribution in [0.4, 0.5) is 13.2 Å². The van der Waals surface area contributed by atoms with Gasteiger partial charge in [0.05, 0.1) is 11.3 Å². The summed E-state index contributed by atoms with van der Waals surface area (Å²) in [6.45, 7) is 0.675. The van der Waals surface area contributed by atoms with Crippen molar-refractivity contribution in [1.29, 1.82) is 0 Å². The first-order chi connectivity index (χ1) is 8.74. The Bertz CT molecular complexity index is 498. The minimum absolute atomic E-state index is 0.0293. The predicted molar refractivity (Wildman–Crippen MR) is 65.3 cm³/mol. The van der Waals surface area contributed by atoms with Gasteiger partial charge in [-0.1, -0.05) is 12.1 Å². The summed E-state index contributed by atoms with van der Waals surface area (Å²) in [4.78, 5) is -0.0467. The summed E-state index contributed by atoms with van der Waals surface area (Å²) in [5.74, 6) is 0. The van der Waals surface area contributed by atoms with Crippen LogP contribution in [-0.2, 0) is 16.4 Å². The second-order valence-corrected chi connectivity index (χ2v) is 5.70. The number of rotatable bonds is 6. The Morgan fingerprint density at radius 3 is 2.16 bits per heavy atom. The Balaban J connectivity index is 2.75. The van der Waals surface area contributed by atoms with Crippen molar-refractivity contribution in [2.24, 2.45) is 0 Å². The number of hydrogen-bond acceptors (Lipinski definition) is 3. The van der Waals surface area contributed by atoms with E-state index in [-0.39, 0.29) is 17.0 Å². The largest absolute Gasteiger partial charge is 0.393 e. The van der Waals surface area contributed by atoms with Gasteiger partial charge in [0.15, 0.2) is 0 Å².